The minimum absolute atomic E-state index is 0.222. The van der Waals surface area contributed by atoms with Crippen molar-refractivity contribution in [3.63, 3.8) is 0 Å². The highest BCUT2D eigenvalue weighted by Crippen LogP contribution is 2.37. The van der Waals surface area contributed by atoms with E-state index in [1.807, 2.05) is 0 Å². The van der Waals surface area contributed by atoms with Gasteiger partial charge in [-0.15, -0.1) is 0 Å². The first-order chi connectivity index (χ1) is 10.3. The zero-order valence-corrected chi connectivity index (χ0v) is 15.1. The van der Waals surface area contributed by atoms with Crippen LogP contribution in [0.2, 0.25) is 5.15 Å². The molecule has 3 N–H and O–H groups in total. The van der Waals surface area contributed by atoms with Crippen LogP contribution >= 0.6 is 38.9 Å². The van der Waals surface area contributed by atoms with E-state index in [1.54, 1.807) is 20.0 Å². The Morgan fingerprint density at radius 2 is 2.18 bits per heavy atom. The van der Waals surface area contributed by atoms with E-state index < -0.39 is 11.3 Å². The zero-order valence-electron chi connectivity index (χ0n) is 12.0. The van der Waals surface area contributed by atoms with E-state index in [-0.39, 0.29) is 5.15 Å². The molecule has 0 aliphatic rings. The molecule has 2 heterocycles. The number of rotatable bonds is 5. The summed E-state index contributed by atoms with van der Waals surface area (Å²) in [4.78, 5) is 24.0. The van der Waals surface area contributed by atoms with Gasteiger partial charge in [-0.2, -0.15) is 4.98 Å². The number of carbonyl (C=O) groups excluding carboxylic acids is 1. The number of nitrogens with zero attached hydrogens (tertiary/aromatic N) is 3. The molecule has 2 aromatic heterocycles. The van der Waals surface area contributed by atoms with Gasteiger partial charge < -0.3 is 15.8 Å². The number of anilines is 2. The van der Waals surface area contributed by atoms with Crippen molar-refractivity contribution in [2.45, 2.75) is 19.3 Å². The smallest absolute Gasteiger partial charge is 0.232 e. The maximum Gasteiger partial charge on any atom is 0.232 e. The van der Waals surface area contributed by atoms with Crippen molar-refractivity contribution < 1.29 is 9.53 Å². The minimum Gasteiger partial charge on any atom is -0.480 e. The molecule has 0 aliphatic carbocycles. The molecule has 0 spiro atoms. The topological polar surface area (TPSA) is 103 Å². The maximum atomic E-state index is 11.5. The van der Waals surface area contributed by atoms with Crippen LogP contribution in [-0.2, 0) is 10.2 Å². The highest BCUT2D eigenvalue weighted by molar-refractivity contribution is 9.10. The van der Waals surface area contributed by atoms with Gasteiger partial charge in [-0.1, -0.05) is 22.9 Å². The van der Waals surface area contributed by atoms with E-state index >= 15 is 0 Å². The Morgan fingerprint density at radius 3 is 2.77 bits per heavy atom. The fourth-order valence-corrected chi connectivity index (χ4v) is 3.02. The molecule has 0 fully saturated rings. The van der Waals surface area contributed by atoms with Crippen LogP contribution in [0.25, 0.3) is 0 Å². The quantitative estimate of drug-likeness (QED) is 0.791. The van der Waals surface area contributed by atoms with E-state index in [4.69, 9.17) is 22.1 Å². The van der Waals surface area contributed by atoms with Gasteiger partial charge in [-0.3, -0.25) is 4.79 Å². The predicted molar refractivity (Wildman–Crippen MR) is 88.9 cm³/mol. The number of primary amides is 1. The fourth-order valence-electron chi connectivity index (χ4n) is 1.41. The van der Waals surface area contributed by atoms with Gasteiger partial charge >= 0.3 is 0 Å². The largest absolute Gasteiger partial charge is 0.480 e. The Hall–Kier alpha value is -1.45. The first-order valence-electron chi connectivity index (χ1n) is 6.06. The lowest BCUT2D eigenvalue weighted by molar-refractivity contribution is -0.122. The number of thiazole rings is 1. The number of amides is 1. The predicted octanol–water partition coefficient (Wildman–Crippen LogP) is 2.86. The Labute approximate surface area is 144 Å². The lowest BCUT2D eigenvalue weighted by atomic mass is 9.94. The van der Waals surface area contributed by atoms with Crippen LogP contribution in [0.5, 0.6) is 5.88 Å². The third-order valence-corrected chi connectivity index (χ3v) is 5.09. The Kier molecular flexibility index (Phi) is 4.88. The standard InChI is InChI=1S/C12H13BrClN5O2S/c1-12(2,9(15)20)10-17-6(14)8(22-10)19-11-16-4-5(13)7(18-11)21-3/h4H,1-3H3,(H2,15,20)(H,16,18,19). The summed E-state index contributed by atoms with van der Waals surface area (Å²) in [7, 11) is 1.50. The highest BCUT2D eigenvalue weighted by atomic mass is 79.9. The zero-order chi connectivity index (χ0) is 16.5. The van der Waals surface area contributed by atoms with Gasteiger partial charge in [0.2, 0.25) is 17.7 Å². The van der Waals surface area contributed by atoms with Crippen LogP contribution in [0.4, 0.5) is 10.9 Å². The summed E-state index contributed by atoms with van der Waals surface area (Å²) >= 11 is 10.6. The number of nitrogens with one attached hydrogen (secondary N) is 1. The summed E-state index contributed by atoms with van der Waals surface area (Å²) in [5, 5.41) is 4.21. The van der Waals surface area contributed by atoms with E-state index in [1.165, 1.54) is 18.4 Å². The summed E-state index contributed by atoms with van der Waals surface area (Å²) in [5.41, 5.74) is 4.48. The highest BCUT2D eigenvalue weighted by Gasteiger charge is 2.32. The number of methoxy groups -OCH3 is 1. The molecular formula is C12H13BrClN5O2S. The molecule has 10 heteroatoms. The summed E-state index contributed by atoms with van der Waals surface area (Å²) in [5.74, 6) is 0.205. The minimum atomic E-state index is -0.910. The van der Waals surface area contributed by atoms with Crippen LogP contribution in [0, 0.1) is 0 Å². The Balaban J connectivity index is 2.31. The second kappa shape index (κ2) is 6.35. The molecule has 0 radical (unpaired) electrons. The van der Waals surface area contributed by atoms with Crippen LogP contribution < -0.4 is 15.8 Å². The normalized spacial score (nSPS) is 11.3. The molecule has 0 bridgehead atoms. The molecular weight excluding hydrogens is 394 g/mol. The molecule has 7 nitrogen and oxygen atoms in total. The number of carbonyl (C=O) groups is 1. The van der Waals surface area contributed by atoms with E-state index in [0.29, 0.717) is 26.3 Å². The number of nitrogens with two attached hydrogens (primary N) is 1. The molecule has 2 aromatic rings. The fraction of sp³-hybridized carbons (Fsp3) is 0.333. The van der Waals surface area contributed by atoms with Crippen molar-refractivity contribution in [2.24, 2.45) is 5.73 Å². The SMILES string of the molecule is COc1nc(Nc2sc(C(C)(C)C(N)=O)nc2Cl)ncc1Br. The number of hydrogen-bond acceptors (Lipinski definition) is 7. The van der Waals surface area contributed by atoms with Gasteiger partial charge in [-0.25, -0.2) is 9.97 Å². The molecule has 0 unspecified atom stereocenters. The van der Waals surface area contributed by atoms with Gasteiger partial charge in [0.05, 0.1) is 23.2 Å². The first kappa shape index (κ1) is 16.9. The van der Waals surface area contributed by atoms with Gasteiger partial charge in [0.1, 0.15) is 10.0 Å². The molecule has 118 valence electrons. The van der Waals surface area contributed by atoms with Crippen molar-refractivity contribution >= 4 is 55.7 Å². The summed E-state index contributed by atoms with van der Waals surface area (Å²) in [6.45, 7) is 3.38. The van der Waals surface area contributed by atoms with Gasteiger partial charge in [0.15, 0.2) is 5.15 Å². The molecule has 0 saturated carbocycles. The molecule has 0 saturated heterocycles. The summed E-state index contributed by atoms with van der Waals surface area (Å²) in [6, 6.07) is 0. The van der Waals surface area contributed by atoms with Crippen LogP contribution in [0.1, 0.15) is 18.9 Å². The van der Waals surface area contributed by atoms with Gasteiger partial charge in [-0.05, 0) is 29.8 Å². The van der Waals surface area contributed by atoms with E-state index in [2.05, 4.69) is 36.2 Å². The molecule has 0 aromatic carbocycles. The summed E-state index contributed by atoms with van der Waals surface area (Å²) in [6.07, 6.45) is 1.55. The molecule has 0 aliphatic heterocycles. The lowest BCUT2D eigenvalue weighted by Crippen LogP contribution is -2.35. The second-order valence-corrected chi connectivity index (χ2v) is 7.02. The van der Waals surface area contributed by atoms with E-state index in [9.17, 15) is 4.79 Å². The van der Waals surface area contributed by atoms with E-state index in [0.717, 1.165) is 0 Å². The van der Waals surface area contributed by atoms with Crippen LogP contribution in [0.3, 0.4) is 0 Å². The third-order valence-electron chi connectivity index (χ3n) is 2.87. The third kappa shape index (κ3) is 3.31. The van der Waals surface area contributed by atoms with Gasteiger partial charge in [0.25, 0.3) is 0 Å². The Morgan fingerprint density at radius 1 is 1.50 bits per heavy atom. The summed E-state index contributed by atoms with van der Waals surface area (Å²) < 4.78 is 5.73. The van der Waals surface area contributed by atoms with Crippen molar-refractivity contribution in [3.05, 3.63) is 20.8 Å². The second-order valence-electron chi connectivity index (χ2n) is 4.80. The molecule has 1 amide bonds. The molecule has 22 heavy (non-hydrogen) atoms. The van der Waals surface area contributed by atoms with Crippen LogP contribution in [0.15, 0.2) is 10.7 Å². The number of hydrogen-bond donors (Lipinski definition) is 2. The Bertz CT molecular complexity index is 722. The average molecular weight is 407 g/mol. The molecule has 2 rings (SSSR count). The number of aromatic nitrogens is 3. The molecule has 0 atom stereocenters. The lowest BCUT2D eigenvalue weighted by Gasteiger charge is -2.16. The van der Waals surface area contributed by atoms with Crippen molar-refractivity contribution in [1.82, 2.24) is 15.0 Å². The van der Waals surface area contributed by atoms with Crippen molar-refractivity contribution in [2.75, 3.05) is 12.4 Å². The van der Waals surface area contributed by atoms with Gasteiger partial charge in [0, 0.05) is 0 Å². The monoisotopic (exact) mass is 405 g/mol. The first-order valence-corrected chi connectivity index (χ1v) is 8.04. The van der Waals surface area contributed by atoms with Crippen molar-refractivity contribution in [3.8, 4) is 5.88 Å². The number of ether oxygens (including phenoxy) is 1. The number of halogens is 2. The van der Waals surface area contributed by atoms with Crippen LogP contribution in [-0.4, -0.2) is 28.0 Å². The average Bonchev–Trinajstić information content (AvgIpc) is 2.82. The van der Waals surface area contributed by atoms with Crippen molar-refractivity contribution in [1.29, 1.82) is 0 Å². The maximum absolute atomic E-state index is 11.5.